The van der Waals surface area contributed by atoms with E-state index in [1.807, 2.05) is 19.9 Å². The molecule has 2 aromatic heterocycles. The lowest BCUT2D eigenvalue weighted by Crippen LogP contribution is -2.37. The molecule has 1 aromatic carbocycles. The molecule has 3 rings (SSSR count). The van der Waals surface area contributed by atoms with Crippen LogP contribution in [0.1, 0.15) is 24.3 Å². The molecule has 0 saturated carbocycles. The standard InChI is InChI=1S/C17H16FN5O/c1-12(2)22(15-4-3-9-19-10-15)17(24)16-11-20-23(21-16)14-7-5-13(18)6-8-14/h3-12H,1-2H3. The van der Waals surface area contributed by atoms with E-state index in [0.29, 0.717) is 11.4 Å². The Kier molecular flexibility index (Phi) is 4.33. The van der Waals surface area contributed by atoms with Crippen LogP contribution >= 0.6 is 0 Å². The molecule has 0 unspecified atom stereocenters. The summed E-state index contributed by atoms with van der Waals surface area (Å²) in [7, 11) is 0. The Morgan fingerprint density at radius 3 is 2.54 bits per heavy atom. The summed E-state index contributed by atoms with van der Waals surface area (Å²) in [6, 6.07) is 9.24. The van der Waals surface area contributed by atoms with Crippen LogP contribution in [0.25, 0.3) is 5.69 Å². The van der Waals surface area contributed by atoms with Crippen LogP contribution in [0, 0.1) is 5.82 Å². The molecule has 1 amide bonds. The molecule has 122 valence electrons. The number of hydrogen-bond acceptors (Lipinski definition) is 4. The van der Waals surface area contributed by atoms with E-state index in [4.69, 9.17) is 0 Å². The van der Waals surface area contributed by atoms with Gasteiger partial charge in [0.1, 0.15) is 5.82 Å². The Hall–Kier alpha value is -3.09. The van der Waals surface area contributed by atoms with Crippen LogP contribution in [0.3, 0.4) is 0 Å². The Bertz CT molecular complexity index is 830. The molecule has 0 atom stereocenters. The van der Waals surface area contributed by atoms with E-state index >= 15 is 0 Å². The van der Waals surface area contributed by atoms with E-state index in [2.05, 4.69) is 15.2 Å². The van der Waals surface area contributed by atoms with Crippen molar-refractivity contribution in [1.82, 2.24) is 20.0 Å². The Balaban J connectivity index is 1.90. The normalized spacial score (nSPS) is 10.8. The average Bonchev–Trinajstić information content (AvgIpc) is 3.06. The van der Waals surface area contributed by atoms with Crippen molar-refractivity contribution in [2.24, 2.45) is 0 Å². The molecule has 0 aliphatic heterocycles. The third kappa shape index (κ3) is 3.15. The summed E-state index contributed by atoms with van der Waals surface area (Å²) in [5.74, 6) is -0.615. The van der Waals surface area contributed by atoms with E-state index in [1.54, 1.807) is 35.5 Å². The number of nitrogens with zero attached hydrogens (tertiary/aromatic N) is 5. The number of hydrogen-bond donors (Lipinski definition) is 0. The first-order chi connectivity index (χ1) is 11.6. The number of carbonyl (C=O) groups excluding carboxylic acids is 1. The molecule has 6 nitrogen and oxygen atoms in total. The molecule has 0 radical (unpaired) electrons. The summed E-state index contributed by atoms with van der Waals surface area (Å²) in [5.41, 5.74) is 1.47. The molecule has 24 heavy (non-hydrogen) atoms. The third-order valence-electron chi connectivity index (χ3n) is 3.43. The van der Waals surface area contributed by atoms with E-state index in [9.17, 15) is 9.18 Å². The summed E-state index contributed by atoms with van der Waals surface area (Å²) < 4.78 is 13.0. The maximum atomic E-state index is 13.0. The highest BCUT2D eigenvalue weighted by atomic mass is 19.1. The van der Waals surface area contributed by atoms with Gasteiger partial charge < -0.3 is 4.90 Å². The molecule has 3 aromatic rings. The molecule has 0 aliphatic rings. The van der Waals surface area contributed by atoms with E-state index < -0.39 is 0 Å². The number of anilines is 1. The maximum absolute atomic E-state index is 13.0. The van der Waals surface area contributed by atoms with Gasteiger partial charge in [0, 0.05) is 12.2 Å². The fourth-order valence-corrected chi connectivity index (χ4v) is 2.33. The molecule has 0 bridgehead atoms. The number of amides is 1. The zero-order valence-corrected chi connectivity index (χ0v) is 13.3. The van der Waals surface area contributed by atoms with Crippen molar-refractivity contribution in [2.45, 2.75) is 19.9 Å². The minimum Gasteiger partial charge on any atom is -0.303 e. The maximum Gasteiger partial charge on any atom is 0.280 e. The Labute approximate surface area is 138 Å². The highest BCUT2D eigenvalue weighted by Crippen LogP contribution is 2.18. The van der Waals surface area contributed by atoms with Gasteiger partial charge in [-0.05, 0) is 50.2 Å². The zero-order valence-electron chi connectivity index (χ0n) is 13.3. The molecule has 0 saturated heterocycles. The van der Waals surface area contributed by atoms with Crippen molar-refractivity contribution in [3.05, 3.63) is 66.5 Å². The second-order valence-electron chi connectivity index (χ2n) is 5.48. The lowest BCUT2D eigenvalue weighted by molar-refractivity contribution is 0.0975. The predicted molar refractivity (Wildman–Crippen MR) is 87.5 cm³/mol. The minimum absolute atomic E-state index is 0.0716. The van der Waals surface area contributed by atoms with Gasteiger partial charge in [-0.2, -0.15) is 9.90 Å². The molecular formula is C17H16FN5O. The van der Waals surface area contributed by atoms with Gasteiger partial charge >= 0.3 is 0 Å². The Morgan fingerprint density at radius 1 is 1.17 bits per heavy atom. The topological polar surface area (TPSA) is 63.9 Å². The van der Waals surface area contributed by atoms with Gasteiger partial charge in [0.05, 0.1) is 23.8 Å². The van der Waals surface area contributed by atoms with Crippen LogP contribution in [0.5, 0.6) is 0 Å². The SMILES string of the molecule is CC(C)N(C(=O)c1cnn(-c2ccc(F)cc2)n1)c1cccnc1. The van der Waals surface area contributed by atoms with Crippen LogP contribution < -0.4 is 4.90 Å². The molecular weight excluding hydrogens is 309 g/mol. The second-order valence-corrected chi connectivity index (χ2v) is 5.48. The first kappa shape index (κ1) is 15.8. The number of benzene rings is 1. The van der Waals surface area contributed by atoms with E-state index in [-0.39, 0.29) is 23.5 Å². The number of pyridine rings is 1. The molecule has 7 heteroatoms. The smallest absolute Gasteiger partial charge is 0.280 e. The lowest BCUT2D eigenvalue weighted by Gasteiger charge is -2.25. The largest absolute Gasteiger partial charge is 0.303 e. The van der Waals surface area contributed by atoms with Crippen LogP contribution in [0.4, 0.5) is 10.1 Å². The van der Waals surface area contributed by atoms with Gasteiger partial charge in [-0.15, -0.1) is 5.10 Å². The molecule has 0 aliphatic carbocycles. The monoisotopic (exact) mass is 325 g/mol. The van der Waals surface area contributed by atoms with E-state index in [0.717, 1.165) is 0 Å². The highest BCUT2D eigenvalue weighted by molar-refractivity contribution is 6.04. The van der Waals surface area contributed by atoms with Crippen molar-refractivity contribution < 1.29 is 9.18 Å². The fourth-order valence-electron chi connectivity index (χ4n) is 2.33. The van der Waals surface area contributed by atoms with Gasteiger partial charge in [0.15, 0.2) is 5.69 Å². The first-order valence-corrected chi connectivity index (χ1v) is 7.48. The highest BCUT2D eigenvalue weighted by Gasteiger charge is 2.23. The van der Waals surface area contributed by atoms with Gasteiger partial charge in [0.2, 0.25) is 0 Å². The number of rotatable bonds is 4. The summed E-state index contributed by atoms with van der Waals surface area (Å²) in [4.78, 5) is 19.8. The fraction of sp³-hybridized carbons (Fsp3) is 0.176. The molecule has 0 N–H and O–H groups in total. The summed E-state index contributed by atoms with van der Waals surface area (Å²) in [6.07, 6.45) is 4.68. The van der Waals surface area contributed by atoms with Crippen molar-refractivity contribution >= 4 is 11.6 Å². The van der Waals surface area contributed by atoms with Gasteiger partial charge in [-0.1, -0.05) is 0 Å². The van der Waals surface area contributed by atoms with Crippen molar-refractivity contribution in [3.63, 3.8) is 0 Å². The Morgan fingerprint density at radius 2 is 1.92 bits per heavy atom. The molecule has 0 spiro atoms. The summed E-state index contributed by atoms with van der Waals surface area (Å²) >= 11 is 0. The third-order valence-corrected chi connectivity index (χ3v) is 3.43. The number of halogens is 1. The van der Waals surface area contributed by atoms with Gasteiger partial charge in [-0.3, -0.25) is 9.78 Å². The van der Waals surface area contributed by atoms with Gasteiger partial charge in [-0.25, -0.2) is 4.39 Å². The summed E-state index contributed by atoms with van der Waals surface area (Å²) in [5, 5.41) is 8.30. The van der Waals surface area contributed by atoms with Crippen LogP contribution in [0.2, 0.25) is 0 Å². The first-order valence-electron chi connectivity index (χ1n) is 7.48. The minimum atomic E-state index is -0.343. The van der Waals surface area contributed by atoms with Crippen molar-refractivity contribution in [1.29, 1.82) is 0 Å². The lowest BCUT2D eigenvalue weighted by atomic mass is 10.2. The average molecular weight is 325 g/mol. The van der Waals surface area contributed by atoms with E-state index in [1.165, 1.54) is 23.1 Å². The zero-order chi connectivity index (χ0) is 17.1. The van der Waals surface area contributed by atoms with Crippen molar-refractivity contribution in [3.8, 4) is 5.69 Å². The van der Waals surface area contributed by atoms with Crippen molar-refractivity contribution in [2.75, 3.05) is 4.90 Å². The number of aromatic nitrogens is 4. The predicted octanol–water partition coefficient (Wildman–Crippen LogP) is 2.86. The number of carbonyl (C=O) groups is 1. The molecule has 0 fully saturated rings. The van der Waals surface area contributed by atoms with Crippen LogP contribution in [0.15, 0.2) is 55.0 Å². The summed E-state index contributed by atoms with van der Waals surface area (Å²) in [6.45, 7) is 3.82. The van der Waals surface area contributed by atoms with Crippen LogP contribution in [-0.4, -0.2) is 31.9 Å². The molecule has 2 heterocycles. The van der Waals surface area contributed by atoms with Gasteiger partial charge in [0.25, 0.3) is 5.91 Å². The quantitative estimate of drug-likeness (QED) is 0.740. The van der Waals surface area contributed by atoms with Crippen LogP contribution in [-0.2, 0) is 0 Å². The second kappa shape index (κ2) is 6.57.